The molecule has 1 aliphatic heterocycles. The van der Waals surface area contributed by atoms with Gasteiger partial charge in [-0.15, -0.1) is 0 Å². The highest BCUT2D eigenvalue weighted by Crippen LogP contribution is 2.27. The van der Waals surface area contributed by atoms with Crippen LogP contribution in [-0.2, 0) is 0 Å². The molecular formula is C14H20N2O2S. The lowest BCUT2D eigenvalue weighted by molar-refractivity contribution is 0.0706. The van der Waals surface area contributed by atoms with E-state index in [9.17, 15) is 9.90 Å². The number of benzene rings is 1. The fourth-order valence-electron chi connectivity index (χ4n) is 2.15. The van der Waals surface area contributed by atoms with Gasteiger partial charge in [-0.3, -0.25) is 0 Å². The van der Waals surface area contributed by atoms with Crippen LogP contribution in [0.1, 0.15) is 17.5 Å². The van der Waals surface area contributed by atoms with Crippen LogP contribution in [0, 0.1) is 13.8 Å². The van der Waals surface area contributed by atoms with Crippen LogP contribution in [0.2, 0.25) is 0 Å². The Morgan fingerprint density at radius 2 is 2.11 bits per heavy atom. The number of urea groups is 1. The topological polar surface area (TPSA) is 61.4 Å². The Bertz CT molecular complexity index is 450. The zero-order valence-corrected chi connectivity index (χ0v) is 12.1. The molecule has 1 aromatic rings. The Morgan fingerprint density at radius 1 is 1.42 bits per heavy atom. The second-order valence-electron chi connectivity index (χ2n) is 5.10. The molecule has 1 atom stereocenters. The minimum absolute atomic E-state index is 0.261. The Hall–Kier alpha value is -1.20. The van der Waals surface area contributed by atoms with Crippen molar-refractivity contribution in [1.29, 1.82) is 0 Å². The molecule has 104 valence electrons. The van der Waals surface area contributed by atoms with E-state index in [0.717, 1.165) is 29.0 Å². The van der Waals surface area contributed by atoms with Crippen LogP contribution in [0.5, 0.6) is 0 Å². The highest BCUT2D eigenvalue weighted by atomic mass is 32.2. The molecular weight excluding hydrogens is 260 g/mol. The van der Waals surface area contributed by atoms with Gasteiger partial charge in [0.25, 0.3) is 0 Å². The summed E-state index contributed by atoms with van der Waals surface area (Å²) in [5.74, 6) is 1.65. The van der Waals surface area contributed by atoms with E-state index in [1.807, 2.05) is 32.0 Å². The monoisotopic (exact) mass is 280 g/mol. The summed E-state index contributed by atoms with van der Waals surface area (Å²) in [7, 11) is 0. The van der Waals surface area contributed by atoms with Crippen molar-refractivity contribution >= 4 is 23.5 Å². The van der Waals surface area contributed by atoms with Gasteiger partial charge in [-0.1, -0.05) is 18.2 Å². The zero-order chi connectivity index (χ0) is 13.9. The van der Waals surface area contributed by atoms with Gasteiger partial charge < -0.3 is 15.7 Å². The molecule has 2 rings (SSSR count). The van der Waals surface area contributed by atoms with E-state index in [2.05, 4.69) is 10.6 Å². The van der Waals surface area contributed by atoms with Crippen LogP contribution in [-0.4, -0.2) is 34.8 Å². The number of anilines is 1. The summed E-state index contributed by atoms with van der Waals surface area (Å²) in [5.41, 5.74) is 2.16. The van der Waals surface area contributed by atoms with Crippen molar-refractivity contribution in [2.24, 2.45) is 0 Å². The maximum atomic E-state index is 11.9. The normalized spacial score (nSPS) is 22.3. The molecule has 3 N–H and O–H groups in total. The smallest absolute Gasteiger partial charge is 0.319 e. The zero-order valence-electron chi connectivity index (χ0n) is 11.3. The van der Waals surface area contributed by atoms with Crippen molar-refractivity contribution in [2.75, 3.05) is 23.4 Å². The molecule has 4 nitrogen and oxygen atoms in total. The van der Waals surface area contributed by atoms with Crippen molar-refractivity contribution in [3.8, 4) is 0 Å². The van der Waals surface area contributed by atoms with E-state index in [1.165, 1.54) is 0 Å². The van der Waals surface area contributed by atoms with Gasteiger partial charge in [-0.05, 0) is 37.1 Å². The molecule has 1 saturated heterocycles. The SMILES string of the molecule is Cc1cccc(C)c1NC(=O)NCC1(O)CCSC1. The molecule has 1 aliphatic rings. The predicted octanol–water partition coefficient (Wildman–Crippen LogP) is 2.29. The maximum absolute atomic E-state index is 11.9. The summed E-state index contributed by atoms with van der Waals surface area (Å²) in [5, 5.41) is 15.8. The van der Waals surface area contributed by atoms with E-state index in [-0.39, 0.29) is 6.03 Å². The predicted molar refractivity (Wildman–Crippen MR) is 79.8 cm³/mol. The van der Waals surface area contributed by atoms with Gasteiger partial charge in [0.15, 0.2) is 0 Å². The summed E-state index contributed by atoms with van der Waals surface area (Å²) in [6.07, 6.45) is 0.737. The van der Waals surface area contributed by atoms with Gasteiger partial charge in [0.05, 0.1) is 5.60 Å². The van der Waals surface area contributed by atoms with Crippen LogP contribution in [0.3, 0.4) is 0 Å². The second kappa shape index (κ2) is 5.84. The third kappa shape index (κ3) is 3.64. The Labute approximate surface area is 118 Å². The molecule has 0 aromatic heterocycles. The molecule has 1 aromatic carbocycles. The molecule has 1 fully saturated rings. The van der Waals surface area contributed by atoms with Crippen LogP contribution in [0.15, 0.2) is 18.2 Å². The van der Waals surface area contributed by atoms with Crippen molar-refractivity contribution in [2.45, 2.75) is 25.9 Å². The molecule has 0 saturated carbocycles. The Balaban J connectivity index is 1.91. The van der Waals surface area contributed by atoms with E-state index in [1.54, 1.807) is 11.8 Å². The van der Waals surface area contributed by atoms with Crippen molar-refractivity contribution in [1.82, 2.24) is 5.32 Å². The van der Waals surface area contributed by atoms with Crippen LogP contribution >= 0.6 is 11.8 Å². The number of aliphatic hydroxyl groups is 1. The first-order chi connectivity index (χ1) is 9.00. The number of amides is 2. The first-order valence-electron chi connectivity index (χ1n) is 6.41. The summed E-state index contributed by atoms with van der Waals surface area (Å²) < 4.78 is 0. The molecule has 0 spiro atoms. The molecule has 0 bridgehead atoms. The van der Waals surface area contributed by atoms with Gasteiger partial charge in [-0.25, -0.2) is 4.79 Å². The molecule has 1 heterocycles. The van der Waals surface area contributed by atoms with Crippen molar-refractivity contribution in [3.63, 3.8) is 0 Å². The van der Waals surface area contributed by atoms with E-state index in [4.69, 9.17) is 0 Å². The molecule has 19 heavy (non-hydrogen) atoms. The van der Waals surface area contributed by atoms with Gasteiger partial charge in [0.2, 0.25) is 0 Å². The Kier molecular flexibility index (Phi) is 4.37. The number of rotatable bonds is 3. The molecule has 1 unspecified atom stereocenters. The first kappa shape index (κ1) is 14.2. The fraction of sp³-hybridized carbons (Fsp3) is 0.500. The lowest BCUT2D eigenvalue weighted by atomic mass is 10.0. The minimum Gasteiger partial charge on any atom is -0.387 e. The average Bonchev–Trinajstić information content (AvgIpc) is 2.79. The maximum Gasteiger partial charge on any atom is 0.319 e. The number of nitrogens with one attached hydrogen (secondary N) is 2. The van der Waals surface area contributed by atoms with Gasteiger partial charge in [0, 0.05) is 18.0 Å². The van der Waals surface area contributed by atoms with Crippen LogP contribution in [0.4, 0.5) is 10.5 Å². The third-order valence-corrected chi connectivity index (χ3v) is 4.61. The average molecular weight is 280 g/mol. The number of para-hydroxylation sites is 1. The van der Waals surface area contributed by atoms with Crippen LogP contribution in [0.25, 0.3) is 0 Å². The fourth-order valence-corrected chi connectivity index (χ4v) is 3.45. The molecule has 0 radical (unpaired) electrons. The largest absolute Gasteiger partial charge is 0.387 e. The standard InChI is InChI=1S/C14H20N2O2S/c1-10-4-3-5-11(2)12(10)16-13(17)15-8-14(18)6-7-19-9-14/h3-5,18H,6-9H2,1-2H3,(H2,15,16,17). The van der Waals surface area contributed by atoms with Gasteiger partial charge in [0.1, 0.15) is 0 Å². The highest BCUT2D eigenvalue weighted by Gasteiger charge is 2.31. The number of carbonyl (C=O) groups excluding carboxylic acids is 1. The quantitative estimate of drug-likeness (QED) is 0.796. The number of hydrogen-bond acceptors (Lipinski definition) is 3. The van der Waals surface area contributed by atoms with E-state index >= 15 is 0 Å². The highest BCUT2D eigenvalue weighted by molar-refractivity contribution is 7.99. The number of hydrogen-bond donors (Lipinski definition) is 3. The summed E-state index contributed by atoms with van der Waals surface area (Å²) in [4.78, 5) is 11.9. The lowest BCUT2D eigenvalue weighted by Gasteiger charge is -2.22. The number of thioether (sulfide) groups is 1. The molecule has 2 amide bonds. The van der Waals surface area contributed by atoms with Crippen molar-refractivity contribution < 1.29 is 9.90 Å². The third-order valence-electron chi connectivity index (χ3n) is 3.38. The van der Waals surface area contributed by atoms with Crippen molar-refractivity contribution in [3.05, 3.63) is 29.3 Å². The number of aryl methyl sites for hydroxylation is 2. The summed E-state index contributed by atoms with van der Waals surface area (Å²) >= 11 is 1.72. The van der Waals surface area contributed by atoms with Gasteiger partial charge >= 0.3 is 6.03 Å². The first-order valence-corrected chi connectivity index (χ1v) is 7.57. The Morgan fingerprint density at radius 3 is 2.68 bits per heavy atom. The number of carbonyl (C=O) groups is 1. The van der Waals surface area contributed by atoms with E-state index in [0.29, 0.717) is 12.3 Å². The van der Waals surface area contributed by atoms with Gasteiger partial charge in [-0.2, -0.15) is 11.8 Å². The minimum atomic E-state index is -0.747. The lowest BCUT2D eigenvalue weighted by Crippen LogP contribution is -2.44. The molecule has 5 heteroatoms. The second-order valence-corrected chi connectivity index (χ2v) is 6.21. The summed E-state index contributed by atoms with van der Waals surface area (Å²) in [6, 6.07) is 5.63. The summed E-state index contributed by atoms with van der Waals surface area (Å²) in [6.45, 7) is 4.23. The van der Waals surface area contributed by atoms with E-state index < -0.39 is 5.60 Å². The van der Waals surface area contributed by atoms with Crippen LogP contribution < -0.4 is 10.6 Å². The molecule has 0 aliphatic carbocycles.